The minimum Gasteiger partial charge on any atom is -0.347 e. The van der Waals surface area contributed by atoms with E-state index in [-0.39, 0.29) is 11.4 Å². The summed E-state index contributed by atoms with van der Waals surface area (Å²) in [6, 6.07) is 6.06. The van der Waals surface area contributed by atoms with E-state index < -0.39 is 0 Å². The van der Waals surface area contributed by atoms with Crippen LogP contribution in [0.3, 0.4) is 0 Å². The summed E-state index contributed by atoms with van der Waals surface area (Å²) < 4.78 is 0. The molecule has 1 aromatic heterocycles. The van der Waals surface area contributed by atoms with Crippen molar-refractivity contribution in [3.8, 4) is 0 Å². The van der Waals surface area contributed by atoms with Crippen molar-refractivity contribution in [2.24, 2.45) is 0 Å². The number of anilines is 2. The van der Waals surface area contributed by atoms with Crippen molar-refractivity contribution in [3.63, 3.8) is 0 Å². The van der Waals surface area contributed by atoms with Crippen molar-refractivity contribution < 1.29 is 4.79 Å². The first-order valence-electron chi connectivity index (χ1n) is 7.23. The molecule has 0 unspecified atom stereocenters. The molecule has 1 heterocycles. The van der Waals surface area contributed by atoms with Crippen LogP contribution < -0.4 is 10.6 Å². The molecule has 2 rings (SSSR count). The van der Waals surface area contributed by atoms with Gasteiger partial charge in [0.1, 0.15) is 0 Å². The lowest BCUT2D eigenvalue weighted by Gasteiger charge is -2.20. The van der Waals surface area contributed by atoms with Gasteiger partial charge in [0.25, 0.3) is 5.91 Å². The van der Waals surface area contributed by atoms with E-state index in [9.17, 15) is 4.79 Å². The van der Waals surface area contributed by atoms with Crippen LogP contribution >= 0.6 is 0 Å². The molecule has 0 atom stereocenters. The van der Waals surface area contributed by atoms with E-state index in [1.165, 1.54) is 23.5 Å². The zero-order valence-corrected chi connectivity index (χ0v) is 13.7. The minimum absolute atomic E-state index is 0.176. The molecular formula is C17H22N4O. The van der Waals surface area contributed by atoms with Gasteiger partial charge in [-0.15, -0.1) is 0 Å². The summed E-state index contributed by atoms with van der Waals surface area (Å²) in [5.41, 5.74) is 3.52. The molecule has 0 saturated carbocycles. The van der Waals surface area contributed by atoms with Gasteiger partial charge >= 0.3 is 0 Å². The van der Waals surface area contributed by atoms with Crippen LogP contribution in [0.5, 0.6) is 0 Å². The number of hydrogen-bond donors (Lipinski definition) is 2. The van der Waals surface area contributed by atoms with Crippen LogP contribution in [0.1, 0.15) is 42.3 Å². The average Bonchev–Trinajstić information content (AvgIpc) is 2.42. The van der Waals surface area contributed by atoms with E-state index in [4.69, 9.17) is 0 Å². The van der Waals surface area contributed by atoms with E-state index in [1.807, 2.05) is 39.0 Å². The van der Waals surface area contributed by atoms with Crippen molar-refractivity contribution in [1.29, 1.82) is 0 Å². The molecule has 2 N–H and O–H groups in total. The fourth-order valence-electron chi connectivity index (χ4n) is 1.87. The standard InChI is InChI=1S/C17H22N4O/c1-11-6-7-14(8-12(11)2)20-16-18-9-13(10-19-16)15(22)21-17(3,4)5/h6-10H,1-5H3,(H,21,22)(H,18,19,20). The van der Waals surface area contributed by atoms with Gasteiger partial charge in [0, 0.05) is 23.6 Å². The third kappa shape index (κ3) is 4.28. The largest absolute Gasteiger partial charge is 0.347 e. The van der Waals surface area contributed by atoms with E-state index >= 15 is 0 Å². The van der Waals surface area contributed by atoms with Gasteiger partial charge in [0.2, 0.25) is 5.95 Å². The highest BCUT2D eigenvalue weighted by Crippen LogP contribution is 2.17. The van der Waals surface area contributed by atoms with Crippen molar-refractivity contribution in [1.82, 2.24) is 15.3 Å². The summed E-state index contributed by atoms with van der Waals surface area (Å²) in [5, 5.41) is 6.01. The average molecular weight is 298 g/mol. The normalized spacial score (nSPS) is 11.1. The van der Waals surface area contributed by atoms with Crippen LogP contribution in [-0.2, 0) is 0 Å². The second-order valence-corrected chi connectivity index (χ2v) is 6.42. The monoisotopic (exact) mass is 298 g/mol. The van der Waals surface area contributed by atoms with Gasteiger partial charge in [-0.25, -0.2) is 9.97 Å². The van der Waals surface area contributed by atoms with E-state index in [2.05, 4.69) is 34.4 Å². The Morgan fingerprint density at radius 1 is 1.05 bits per heavy atom. The molecule has 5 nitrogen and oxygen atoms in total. The van der Waals surface area contributed by atoms with Crippen molar-refractivity contribution in [2.45, 2.75) is 40.2 Å². The summed E-state index contributed by atoms with van der Waals surface area (Å²) in [4.78, 5) is 20.4. The highest BCUT2D eigenvalue weighted by molar-refractivity contribution is 5.94. The van der Waals surface area contributed by atoms with Crippen LogP contribution in [0, 0.1) is 13.8 Å². The molecule has 0 spiro atoms. The number of nitrogens with one attached hydrogen (secondary N) is 2. The molecule has 0 bridgehead atoms. The summed E-state index contributed by atoms with van der Waals surface area (Å²) in [6.07, 6.45) is 3.05. The first-order valence-corrected chi connectivity index (χ1v) is 7.23. The first kappa shape index (κ1) is 15.9. The molecule has 2 aromatic rings. The number of hydrogen-bond acceptors (Lipinski definition) is 4. The number of benzene rings is 1. The summed E-state index contributed by atoms with van der Waals surface area (Å²) in [6.45, 7) is 9.92. The Labute approximate surface area is 131 Å². The van der Waals surface area contributed by atoms with Gasteiger partial charge in [-0.3, -0.25) is 4.79 Å². The molecule has 0 aliphatic heterocycles. The van der Waals surface area contributed by atoms with Gasteiger partial charge in [-0.05, 0) is 57.9 Å². The summed E-state index contributed by atoms with van der Waals surface area (Å²) in [5.74, 6) is 0.292. The zero-order chi connectivity index (χ0) is 16.3. The van der Waals surface area contributed by atoms with Gasteiger partial charge in [-0.1, -0.05) is 6.07 Å². The lowest BCUT2D eigenvalue weighted by atomic mass is 10.1. The maximum absolute atomic E-state index is 12.0. The maximum Gasteiger partial charge on any atom is 0.254 e. The molecular weight excluding hydrogens is 276 g/mol. The van der Waals surface area contributed by atoms with Crippen LogP contribution in [-0.4, -0.2) is 21.4 Å². The second-order valence-electron chi connectivity index (χ2n) is 6.42. The highest BCUT2D eigenvalue weighted by Gasteiger charge is 2.15. The molecule has 0 fully saturated rings. The number of aromatic nitrogens is 2. The lowest BCUT2D eigenvalue weighted by Crippen LogP contribution is -2.40. The van der Waals surface area contributed by atoms with Gasteiger partial charge < -0.3 is 10.6 Å². The zero-order valence-electron chi connectivity index (χ0n) is 13.7. The molecule has 116 valence electrons. The Bertz CT molecular complexity index is 672. The predicted molar refractivity (Wildman–Crippen MR) is 88.4 cm³/mol. The lowest BCUT2D eigenvalue weighted by molar-refractivity contribution is 0.0919. The Morgan fingerprint density at radius 3 is 2.23 bits per heavy atom. The highest BCUT2D eigenvalue weighted by atomic mass is 16.1. The molecule has 0 radical (unpaired) electrons. The summed E-state index contributed by atoms with van der Waals surface area (Å²) >= 11 is 0. The number of amides is 1. The Hall–Kier alpha value is -2.43. The Morgan fingerprint density at radius 2 is 1.68 bits per heavy atom. The Kier molecular flexibility index (Phi) is 4.45. The third-order valence-electron chi connectivity index (χ3n) is 3.17. The van der Waals surface area contributed by atoms with E-state index in [0.29, 0.717) is 11.5 Å². The number of carbonyl (C=O) groups excluding carboxylic acids is 1. The quantitative estimate of drug-likeness (QED) is 0.911. The predicted octanol–water partition coefficient (Wildman–Crippen LogP) is 3.37. The van der Waals surface area contributed by atoms with Gasteiger partial charge in [0.05, 0.1) is 5.56 Å². The fraction of sp³-hybridized carbons (Fsp3) is 0.353. The fourth-order valence-corrected chi connectivity index (χ4v) is 1.87. The topological polar surface area (TPSA) is 66.9 Å². The first-order chi connectivity index (χ1) is 10.2. The molecule has 0 aliphatic carbocycles. The van der Waals surface area contributed by atoms with Crippen molar-refractivity contribution >= 4 is 17.5 Å². The molecule has 1 aromatic carbocycles. The van der Waals surface area contributed by atoms with Gasteiger partial charge in [-0.2, -0.15) is 0 Å². The van der Waals surface area contributed by atoms with Crippen molar-refractivity contribution in [2.75, 3.05) is 5.32 Å². The molecule has 22 heavy (non-hydrogen) atoms. The van der Waals surface area contributed by atoms with Gasteiger partial charge in [0.15, 0.2) is 0 Å². The molecule has 5 heteroatoms. The minimum atomic E-state index is -0.284. The molecule has 0 aliphatic rings. The summed E-state index contributed by atoms with van der Waals surface area (Å²) in [7, 11) is 0. The van der Waals surface area contributed by atoms with Crippen LogP contribution in [0.25, 0.3) is 0 Å². The van der Waals surface area contributed by atoms with E-state index in [0.717, 1.165) is 5.69 Å². The van der Waals surface area contributed by atoms with E-state index in [1.54, 1.807) is 0 Å². The van der Waals surface area contributed by atoms with Crippen LogP contribution in [0.15, 0.2) is 30.6 Å². The van der Waals surface area contributed by atoms with Crippen molar-refractivity contribution in [3.05, 3.63) is 47.3 Å². The smallest absolute Gasteiger partial charge is 0.254 e. The molecule has 1 amide bonds. The van der Waals surface area contributed by atoms with Crippen LogP contribution in [0.2, 0.25) is 0 Å². The van der Waals surface area contributed by atoms with Crippen LogP contribution in [0.4, 0.5) is 11.6 Å². The number of nitrogens with zero attached hydrogens (tertiary/aromatic N) is 2. The number of carbonyl (C=O) groups is 1. The Balaban J connectivity index is 2.08. The molecule has 0 saturated heterocycles. The maximum atomic E-state index is 12.0. The number of aryl methyl sites for hydroxylation is 2. The number of rotatable bonds is 3. The third-order valence-corrected chi connectivity index (χ3v) is 3.17. The second kappa shape index (κ2) is 6.13. The SMILES string of the molecule is Cc1ccc(Nc2ncc(C(=O)NC(C)(C)C)cn2)cc1C.